The molecule has 0 bridgehead atoms. The fourth-order valence-corrected chi connectivity index (χ4v) is 5.39. The van der Waals surface area contributed by atoms with Gasteiger partial charge in [-0.2, -0.15) is 0 Å². The second kappa shape index (κ2) is 7.83. The highest BCUT2D eigenvalue weighted by Crippen LogP contribution is 2.37. The zero-order chi connectivity index (χ0) is 20.6. The van der Waals surface area contributed by atoms with Crippen molar-refractivity contribution >= 4 is 27.4 Å². The number of rotatable bonds is 4. The van der Waals surface area contributed by atoms with Gasteiger partial charge in [-0.15, -0.1) is 11.3 Å². The molecule has 2 aliphatic heterocycles. The van der Waals surface area contributed by atoms with Crippen LogP contribution in [0, 0.1) is 0 Å². The van der Waals surface area contributed by atoms with Gasteiger partial charge < -0.3 is 19.3 Å². The van der Waals surface area contributed by atoms with Crippen LogP contribution in [0.3, 0.4) is 0 Å². The van der Waals surface area contributed by atoms with E-state index >= 15 is 0 Å². The molecule has 0 radical (unpaired) electrons. The van der Waals surface area contributed by atoms with Crippen LogP contribution in [0.1, 0.15) is 5.56 Å². The Morgan fingerprint density at radius 3 is 2.68 bits per heavy atom. The SMILES string of the molecule is c1ccc(-c2csc3ncnc(N4CC[NH+](Cc5ccc6c(c5)OCO6)CC4)c23)cc1. The van der Waals surface area contributed by atoms with Crippen molar-refractivity contribution in [2.75, 3.05) is 37.9 Å². The number of hydrogen-bond donors (Lipinski definition) is 1. The number of quaternary nitrogens is 1. The second-order valence-electron chi connectivity index (χ2n) is 7.99. The maximum atomic E-state index is 5.53. The maximum Gasteiger partial charge on any atom is 0.231 e. The van der Waals surface area contributed by atoms with Crippen molar-refractivity contribution in [3.63, 3.8) is 0 Å². The molecule has 0 unspecified atom stereocenters. The van der Waals surface area contributed by atoms with E-state index in [4.69, 9.17) is 14.5 Å². The molecule has 1 saturated heterocycles. The number of nitrogens with zero attached hydrogens (tertiary/aromatic N) is 3. The quantitative estimate of drug-likeness (QED) is 0.538. The third-order valence-electron chi connectivity index (χ3n) is 6.10. The zero-order valence-corrected chi connectivity index (χ0v) is 17.9. The minimum Gasteiger partial charge on any atom is -0.454 e. The molecule has 0 aliphatic carbocycles. The highest BCUT2D eigenvalue weighted by Gasteiger charge is 2.25. The largest absolute Gasteiger partial charge is 0.454 e. The van der Waals surface area contributed by atoms with Crippen molar-refractivity contribution in [3.8, 4) is 22.6 Å². The number of ether oxygens (including phenoxy) is 2. The van der Waals surface area contributed by atoms with Crippen LogP contribution in [0.5, 0.6) is 11.5 Å². The third-order valence-corrected chi connectivity index (χ3v) is 6.98. The molecule has 1 N–H and O–H groups in total. The van der Waals surface area contributed by atoms with E-state index in [9.17, 15) is 0 Å². The normalized spacial score (nSPS) is 16.2. The fraction of sp³-hybridized carbons (Fsp3) is 0.250. The summed E-state index contributed by atoms with van der Waals surface area (Å²) in [5.41, 5.74) is 3.74. The predicted molar refractivity (Wildman–Crippen MR) is 122 cm³/mol. The average molecular weight is 432 g/mol. The van der Waals surface area contributed by atoms with Crippen LogP contribution in [0.25, 0.3) is 21.3 Å². The van der Waals surface area contributed by atoms with Crippen molar-refractivity contribution < 1.29 is 14.4 Å². The minimum absolute atomic E-state index is 0.325. The van der Waals surface area contributed by atoms with Crippen molar-refractivity contribution in [2.45, 2.75) is 6.54 Å². The summed E-state index contributed by atoms with van der Waals surface area (Å²) in [5.74, 6) is 2.78. The summed E-state index contributed by atoms with van der Waals surface area (Å²) in [4.78, 5) is 14.3. The van der Waals surface area contributed by atoms with E-state index in [0.717, 1.165) is 54.9 Å². The number of anilines is 1. The summed E-state index contributed by atoms with van der Waals surface area (Å²) >= 11 is 1.69. The first-order chi connectivity index (χ1) is 15.3. The highest BCUT2D eigenvalue weighted by atomic mass is 32.1. The van der Waals surface area contributed by atoms with Crippen LogP contribution in [-0.2, 0) is 6.54 Å². The van der Waals surface area contributed by atoms with Gasteiger partial charge in [-0.05, 0) is 23.8 Å². The van der Waals surface area contributed by atoms with E-state index in [1.54, 1.807) is 22.6 Å². The molecule has 2 aromatic heterocycles. The number of benzene rings is 2. The van der Waals surface area contributed by atoms with Crippen molar-refractivity contribution in [2.24, 2.45) is 0 Å². The van der Waals surface area contributed by atoms with Gasteiger partial charge in [0, 0.05) is 16.5 Å². The maximum absolute atomic E-state index is 5.53. The van der Waals surface area contributed by atoms with Crippen molar-refractivity contribution in [3.05, 3.63) is 65.8 Å². The summed E-state index contributed by atoms with van der Waals surface area (Å²) in [6, 6.07) is 16.8. The van der Waals surface area contributed by atoms with Gasteiger partial charge >= 0.3 is 0 Å². The Bertz CT molecular complexity index is 1220. The van der Waals surface area contributed by atoms with E-state index in [2.05, 4.69) is 57.7 Å². The number of aromatic nitrogens is 2. The number of piperazine rings is 1. The third kappa shape index (κ3) is 3.49. The van der Waals surface area contributed by atoms with Gasteiger partial charge in [0.1, 0.15) is 23.5 Å². The summed E-state index contributed by atoms with van der Waals surface area (Å²) in [7, 11) is 0. The molecule has 6 rings (SSSR count). The van der Waals surface area contributed by atoms with Gasteiger partial charge in [0.05, 0.1) is 31.6 Å². The molecule has 0 saturated carbocycles. The molecule has 0 atom stereocenters. The fourth-order valence-electron chi connectivity index (χ4n) is 4.48. The number of hydrogen-bond acceptors (Lipinski definition) is 6. The van der Waals surface area contributed by atoms with Crippen LogP contribution < -0.4 is 19.3 Å². The summed E-state index contributed by atoms with van der Waals surface area (Å²) in [6.45, 7) is 5.43. The first-order valence-electron chi connectivity index (χ1n) is 10.6. The summed E-state index contributed by atoms with van der Waals surface area (Å²) in [5, 5.41) is 3.39. The molecule has 31 heavy (non-hydrogen) atoms. The first kappa shape index (κ1) is 18.6. The molecule has 156 valence electrons. The lowest BCUT2D eigenvalue weighted by atomic mass is 10.1. The van der Waals surface area contributed by atoms with Crippen molar-refractivity contribution in [1.82, 2.24) is 9.97 Å². The van der Waals surface area contributed by atoms with Crippen LogP contribution in [0.4, 0.5) is 5.82 Å². The first-order valence-corrected chi connectivity index (χ1v) is 11.5. The summed E-state index contributed by atoms with van der Waals surface area (Å²) < 4.78 is 11.0. The van der Waals surface area contributed by atoms with Crippen LogP contribution in [0.2, 0.25) is 0 Å². The molecule has 1 fully saturated rings. The van der Waals surface area contributed by atoms with Crippen molar-refractivity contribution in [1.29, 1.82) is 0 Å². The molecule has 2 aliphatic rings. The highest BCUT2D eigenvalue weighted by molar-refractivity contribution is 7.17. The number of thiophene rings is 1. The molecule has 6 nitrogen and oxygen atoms in total. The van der Waals surface area contributed by atoms with Gasteiger partial charge in [-0.25, -0.2) is 9.97 Å². The Morgan fingerprint density at radius 2 is 1.81 bits per heavy atom. The Balaban J connectivity index is 1.21. The van der Waals surface area contributed by atoms with Gasteiger partial charge in [-0.1, -0.05) is 30.3 Å². The molecule has 4 heterocycles. The minimum atomic E-state index is 0.325. The van der Waals surface area contributed by atoms with Gasteiger partial charge in [-0.3, -0.25) is 0 Å². The van der Waals surface area contributed by atoms with E-state index < -0.39 is 0 Å². The lowest BCUT2D eigenvalue weighted by Crippen LogP contribution is -3.13. The summed E-state index contributed by atoms with van der Waals surface area (Å²) in [6.07, 6.45) is 1.70. The monoisotopic (exact) mass is 431 g/mol. The lowest BCUT2D eigenvalue weighted by molar-refractivity contribution is -0.914. The van der Waals surface area contributed by atoms with Gasteiger partial charge in [0.15, 0.2) is 11.5 Å². The molecule has 0 amide bonds. The molecule has 2 aromatic carbocycles. The Kier molecular flexibility index (Phi) is 4.70. The Hall–Kier alpha value is -3.16. The Labute approximate surface area is 184 Å². The smallest absolute Gasteiger partial charge is 0.231 e. The lowest BCUT2D eigenvalue weighted by Gasteiger charge is -2.33. The zero-order valence-electron chi connectivity index (χ0n) is 17.1. The van der Waals surface area contributed by atoms with E-state index in [1.165, 1.54) is 22.1 Å². The van der Waals surface area contributed by atoms with Crippen LogP contribution in [0.15, 0.2) is 60.2 Å². The topological polar surface area (TPSA) is 51.9 Å². The van der Waals surface area contributed by atoms with Crippen LogP contribution >= 0.6 is 11.3 Å². The van der Waals surface area contributed by atoms with E-state index in [0.29, 0.717) is 6.79 Å². The number of fused-ring (bicyclic) bond motifs is 2. The Morgan fingerprint density at radius 1 is 0.968 bits per heavy atom. The van der Waals surface area contributed by atoms with E-state index in [-0.39, 0.29) is 0 Å². The standard InChI is InChI=1S/C24H22N4O2S/c1-2-4-18(5-3-1)19-14-31-24-22(19)23(25-15-26-24)28-10-8-27(9-11-28)13-17-6-7-20-21(12-17)30-16-29-20/h1-7,12,14-15H,8-11,13,16H2/p+1. The van der Waals surface area contributed by atoms with E-state index in [1.807, 2.05) is 6.07 Å². The predicted octanol–water partition coefficient (Wildman–Crippen LogP) is 2.99. The van der Waals surface area contributed by atoms with Crippen LogP contribution in [-0.4, -0.2) is 42.9 Å². The molecule has 7 heteroatoms. The second-order valence-corrected chi connectivity index (χ2v) is 8.85. The van der Waals surface area contributed by atoms with Gasteiger partial charge in [0.25, 0.3) is 0 Å². The average Bonchev–Trinajstić information content (AvgIpc) is 3.47. The molecular weight excluding hydrogens is 408 g/mol. The van der Waals surface area contributed by atoms with Gasteiger partial charge in [0.2, 0.25) is 6.79 Å². The molecule has 0 spiro atoms. The molecular formula is C24H23N4O2S+. The number of nitrogens with one attached hydrogen (secondary N) is 1. The molecule has 4 aromatic rings.